The molecule has 3 heterocycles. The van der Waals surface area contributed by atoms with Crippen molar-refractivity contribution in [3.05, 3.63) is 65.2 Å². The Kier molecular flexibility index (Phi) is 7.52. The van der Waals surface area contributed by atoms with Gasteiger partial charge in [0.05, 0.1) is 29.5 Å². The van der Waals surface area contributed by atoms with Gasteiger partial charge in [0, 0.05) is 18.0 Å². The number of carbonyl (C=O) groups is 1. The average Bonchev–Trinajstić information content (AvgIpc) is 3.31. The molecule has 1 aliphatic rings. The van der Waals surface area contributed by atoms with Crippen LogP contribution in [0.3, 0.4) is 0 Å². The summed E-state index contributed by atoms with van der Waals surface area (Å²) < 4.78 is 15.6. The van der Waals surface area contributed by atoms with E-state index in [1.54, 1.807) is 13.1 Å². The van der Waals surface area contributed by atoms with Gasteiger partial charge >= 0.3 is 0 Å². The number of halogens is 1. The van der Waals surface area contributed by atoms with E-state index >= 15 is 0 Å². The molecule has 34 heavy (non-hydrogen) atoms. The van der Waals surface area contributed by atoms with Crippen LogP contribution in [-0.2, 0) is 24.3 Å². The van der Waals surface area contributed by atoms with Crippen molar-refractivity contribution in [2.45, 2.75) is 51.2 Å². The molecule has 9 heteroatoms. The number of piperidine rings is 1. The number of nitrogens with two attached hydrogens (primary N) is 1. The first-order valence-corrected chi connectivity index (χ1v) is 11.7. The third kappa shape index (κ3) is 5.59. The van der Waals surface area contributed by atoms with Crippen LogP contribution >= 0.6 is 0 Å². The van der Waals surface area contributed by atoms with Gasteiger partial charge in [-0.05, 0) is 63.9 Å². The van der Waals surface area contributed by atoms with Crippen LogP contribution in [0.25, 0.3) is 0 Å². The highest BCUT2D eigenvalue weighted by Gasteiger charge is 2.19. The van der Waals surface area contributed by atoms with Gasteiger partial charge < -0.3 is 16.0 Å². The van der Waals surface area contributed by atoms with Crippen LogP contribution in [-0.4, -0.2) is 50.7 Å². The highest BCUT2D eigenvalue weighted by molar-refractivity contribution is 5.81. The van der Waals surface area contributed by atoms with Crippen LogP contribution in [0.2, 0.25) is 0 Å². The van der Waals surface area contributed by atoms with E-state index in [0.29, 0.717) is 36.1 Å². The zero-order valence-electron chi connectivity index (χ0n) is 19.7. The Morgan fingerprint density at radius 1 is 1.21 bits per heavy atom. The predicted molar refractivity (Wildman–Crippen MR) is 130 cm³/mol. The number of anilines is 2. The van der Waals surface area contributed by atoms with Crippen LogP contribution in [0.4, 0.5) is 16.0 Å². The number of hydrogen-bond acceptors (Lipinski definition) is 6. The molecule has 3 N–H and O–H groups in total. The Bertz CT molecular complexity index is 1120. The normalized spacial score (nSPS) is 15.9. The van der Waals surface area contributed by atoms with Crippen molar-refractivity contribution in [1.29, 1.82) is 0 Å². The molecule has 0 bridgehead atoms. The summed E-state index contributed by atoms with van der Waals surface area (Å²) in [6.07, 6.45) is 8.55. The Labute approximate surface area is 199 Å². The minimum Gasteiger partial charge on any atom is -0.369 e. The van der Waals surface area contributed by atoms with Crippen molar-refractivity contribution in [3.8, 4) is 0 Å². The van der Waals surface area contributed by atoms with Crippen molar-refractivity contribution in [2.24, 2.45) is 5.73 Å². The number of nitrogens with one attached hydrogen (secondary N) is 1. The lowest BCUT2D eigenvalue weighted by Crippen LogP contribution is -2.31. The van der Waals surface area contributed by atoms with E-state index in [1.165, 1.54) is 6.20 Å². The van der Waals surface area contributed by atoms with E-state index in [9.17, 15) is 9.18 Å². The lowest BCUT2D eigenvalue weighted by atomic mass is 9.92. The van der Waals surface area contributed by atoms with E-state index in [4.69, 9.17) is 5.73 Å². The summed E-state index contributed by atoms with van der Waals surface area (Å²) in [5.41, 5.74) is 9.32. The Morgan fingerprint density at radius 2 is 1.97 bits per heavy atom. The molecular formula is C25H32FN7O. The topological polar surface area (TPSA) is 102 Å². The number of aromatic nitrogens is 4. The van der Waals surface area contributed by atoms with Gasteiger partial charge in [0.15, 0.2) is 0 Å². The smallest absolute Gasteiger partial charge is 0.227 e. The molecule has 1 saturated heterocycles. The lowest BCUT2D eigenvalue weighted by Gasteiger charge is -2.28. The summed E-state index contributed by atoms with van der Waals surface area (Å²) in [4.78, 5) is 22.9. The van der Waals surface area contributed by atoms with Crippen molar-refractivity contribution < 1.29 is 9.18 Å². The highest BCUT2D eigenvalue weighted by Crippen LogP contribution is 2.24. The van der Waals surface area contributed by atoms with Crippen LogP contribution < -0.4 is 11.1 Å². The third-order valence-corrected chi connectivity index (χ3v) is 6.60. The molecule has 3 aromatic rings. The maximum atomic E-state index is 13.6. The quantitative estimate of drug-likeness (QED) is 0.501. The molecule has 1 aromatic carbocycles. The number of primary amides is 1. The number of nitrogens with zero attached hydrogens (tertiary/aromatic N) is 5. The minimum atomic E-state index is -0.636. The number of aryl methyl sites for hydroxylation is 2. The van der Waals surface area contributed by atoms with Crippen LogP contribution in [0.1, 0.15) is 54.1 Å². The zero-order chi connectivity index (χ0) is 24.1. The van der Waals surface area contributed by atoms with Crippen molar-refractivity contribution >= 4 is 17.5 Å². The molecule has 0 aliphatic carbocycles. The Balaban J connectivity index is 1.46. The van der Waals surface area contributed by atoms with Gasteiger partial charge in [-0.15, -0.1) is 0 Å². The molecule has 1 atom stereocenters. The first-order valence-electron chi connectivity index (χ1n) is 11.7. The standard InChI is InChI=1S/C25H32FN7O/c1-17(24(27)34)22-6-4-3-5-18(22)7-8-23-19(13-26)14-28-25(31-23)30-20-15-29-33(16-20)21-9-11-32(2)12-10-21/h3-6,14-17,21H,7-13H2,1-2H3,(H2,27,34)(H,28,30,31)/t17-/m0/s1. The predicted octanol–water partition coefficient (Wildman–Crippen LogP) is 3.53. The number of amides is 1. The van der Waals surface area contributed by atoms with E-state index in [-0.39, 0.29) is 11.8 Å². The van der Waals surface area contributed by atoms with Gasteiger partial charge in [-0.3, -0.25) is 9.48 Å². The van der Waals surface area contributed by atoms with Crippen molar-refractivity contribution in [3.63, 3.8) is 0 Å². The number of benzene rings is 1. The molecule has 0 unspecified atom stereocenters. The fourth-order valence-corrected chi connectivity index (χ4v) is 4.41. The summed E-state index contributed by atoms with van der Waals surface area (Å²) in [7, 11) is 2.14. The van der Waals surface area contributed by atoms with E-state index in [0.717, 1.165) is 42.7 Å². The molecule has 1 amide bonds. The lowest BCUT2D eigenvalue weighted by molar-refractivity contribution is -0.119. The summed E-state index contributed by atoms with van der Waals surface area (Å²) in [5, 5.41) is 7.72. The van der Waals surface area contributed by atoms with E-state index < -0.39 is 6.67 Å². The molecule has 1 fully saturated rings. The fourth-order valence-electron chi connectivity index (χ4n) is 4.41. The molecule has 8 nitrogen and oxygen atoms in total. The molecule has 0 radical (unpaired) electrons. The van der Waals surface area contributed by atoms with Crippen molar-refractivity contribution in [2.75, 3.05) is 25.5 Å². The first kappa shape index (κ1) is 23.8. The van der Waals surface area contributed by atoms with Crippen molar-refractivity contribution in [1.82, 2.24) is 24.6 Å². The summed E-state index contributed by atoms with van der Waals surface area (Å²) in [6.45, 7) is 3.28. The van der Waals surface area contributed by atoms with Gasteiger partial charge in [-0.25, -0.2) is 14.4 Å². The molecule has 180 valence electrons. The summed E-state index contributed by atoms with van der Waals surface area (Å²) >= 11 is 0. The second-order valence-corrected chi connectivity index (χ2v) is 8.99. The van der Waals surface area contributed by atoms with Gasteiger partial charge in [0.25, 0.3) is 0 Å². The van der Waals surface area contributed by atoms with Gasteiger partial charge in [-0.1, -0.05) is 24.3 Å². The van der Waals surface area contributed by atoms with Crippen LogP contribution in [0.5, 0.6) is 0 Å². The highest BCUT2D eigenvalue weighted by atomic mass is 19.1. The van der Waals surface area contributed by atoms with Crippen LogP contribution in [0, 0.1) is 0 Å². The molecular weight excluding hydrogens is 433 g/mol. The largest absolute Gasteiger partial charge is 0.369 e. The maximum Gasteiger partial charge on any atom is 0.227 e. The molecule has 0 spiro atoms. The number of rotatable bonds is 9. The monoisotopic (exact) mass is 465 g/mol. The summed E-state index contributed by atoms with van der Waals surface area (Å²) in [5.74, 6) is -0.347. The summed E-state index contributed by atoms with van der Waals surface area (Å²) in [6, 6.07) is 8.10. The number of carbonyl (C=O) groups excluding carboxylic acids is 1. The number of hydrogen-bond donors (Lipinski definition) is 2. The number of alkyl halides is 1. The maximum absolute atomic E-state index is 13.6. The molecule has 1 aliphatic heterocycles. The van der Waals surface area contributed by atoms with E-state index in [2.05, 4.69) is 32.3 Å². The Hall–Kier alpha value is -3.33. The minimum absolute atomic E-state index is 0.369. The van der Waals surface area contributed by atoms with Gasteiger partial charge in [0.1, 0.15) is 6.67 Å². The zero-order valence-corrected chi connectivity index (χ0v) is 19.7. The number of likely N-dealkylation sites (tertiary alicyclic amines) is 1. The first-order chi connectivity index (χ1) is 16.4. The van der Waals surface area contributed by atoms with Crippen LogP contribution in [0.15, 0.2) is 42.9 Å². The third-order valence-electron chi connectivity index (χ3n) is 6.60. The fraction of sp³-hybridized carbons (Fsp3) is 0.440. The molecule has 0 saturated carbocycles. The van der Waals surface area contributed by atoms with Gasteiger partial charge in [-0.2, -0.15) is 5.10 Å². The van der Waals surface area contributed by atoms with Gasteiger partial charge in [0.2, 0.25) is 11.9 Å². The molecule has 2 aromatic heterocycles. The second kappa shape index (κ2) is 10.7. The SMILES string of the molecule is C[C@H](C(N)=O)c1ccccc1CCc1nc(Nc2cnn(C3CCN(C)CC3)c2)ncc1CF. The molecule has 4 rings (SSSR count). The average molecular weight is 466 g/mol. The van der Waals surface area contributed by atoms with E-state index in [1.807, 2.05) is 35.1 Å². The second-order valence-electron chi connectivity index (χ2n) is 8.99. The Morgan fingerprint density at radius 3 is 2.71 bits per heavy atom.